The summed E-state index contributed by atoms with van der Waals surface area (Å²) in [6.45, 7) is 15.1. The Kier molecular flexibility index (Phi) is 27.1. The molecule has 25 nitrogen and oxygen atoms in total. The maximum Gasteiger partial charge on any atom is 0.308 e. The third-order valence-corrected chi connectivity index (χ3v) is 14.5. The van der Waals surface area contributed by atoms with Crippen molar-refractivity contribution in [3.05, 3.63) is 28.6 Å². The number of carbonyl (C=O) groups excluding carboxylic acids is 8. The van der Waals surface area contributed by atoms with Crippen molar-refractivity contribution in [2.75, 3.05) is 13.2 Å². The SMILES string of the molecule is CCCCCCCCCCCCCCCCC1(C)CCc2c(c(C)c(C)c(OC(C)=O)c2On2cc(CO[C@@H]3O[C@H](COC(C)=O)[C@@H](O[C@@H]4O[C@H](COC(C)=O)[C@H](OC(C)=O)[C@H](OC(C)=O)[C@H]4OC(C)=O)[C@H](OC(C)=O)[C@H]3OC(C)=O)nn2)O1. The van der Waals surface area contributed by atoms with Crippen LogP contribution >= 0.6 is 0 Å². The van der Waals surface area contributed by atoms with Gasteiger partial charge in [0.05, 0.1) is 12.8 Å². The Morgan fingerprint density at radius 1 is 0.560 bits per heavy atom. The summed E-state index contributed by atoms with van der Waals surface area (Å²) >= 11 is 0. The van der Waals surface area contributed by atoms with E-state index in [1.54, 1.807) is 0 Å². The third kappa shape index (κ3) is 21.0. The second kappa shape index (κ2) is 33.3. The maximum atomic E-state index is 13.0. The zero-order chi connectivity index (χ0) is 61.7. The number of carbonyl (C=O) groups is 8. The highest BCUT2D eigenvalue weighted by Gasteiger charge is 2.58. The molecule has 0 spiro atoms. The Bertz CT molecular complexity index is 2550. The zero-order valence-corrected chi connectivity index (χ0v) is 50.8. The Morgan fingerprint density at radius 2 is 1.02 bits per heavy atom. The molecule has 4 heterocycles. The molecule has 5 rings (SSSR count). The van der Waals surface area contributed by atoms with Gasteiger partial charge in [-0.25, -0.2) is 0 Å². The number of rotatable bonds is 32. The van der Waals surface area contributed by atoms with Crippen molar-refractivity contribution in [1.29, 1.82) is 0 Å². The highest BCUT2D eigenvalue weighted by Crippen LogP contribution is 2.49. The monoisotopic (exact) mass is 1190 g/mol. The van der Waals surface area contributed by atoms with Crippen LogP contribution in [-0.2, 0) is 103 Å². The van der Waals surface area contributed by atoms with Crippen LogP contribution in [0.3, 0.4) is 0 Å². The van der Waals surface area contributed by atoms with Crippen LogP contribution in [0.4, 0.5) is 0 Å². The molecule has 0 aliphatic carbocycles. The molecule has 84 heavy (non-hydrogen) atoms. The number of hydrogen-bond acceptors (Lipinski definition) is 24. The molecule has 0 radical (unpaired) electrons. The molecule has 11 atom stereocenters. The van der Waals surface area contributed by atoms with Crippen molar-refractivity contribution < 1.29 is 105 Å². The fourth-order valence-corrected chi connectivity index (χ4v) is 10.5. The lowest BCUT2D eigenvalue weighted by molar-refractivity contribution is -0.362. The standard InChI is InChI=1S/C59H87N3O22/c1-13-14-15-16-17-18-19-20-21-22-23-24-25-26-28-59(12)29-27-45-48(83-59)34(2)35(3)49(74-38(6)65)50(45)84-62-30-44(60-61-62)31-73-57-55(78-42(10)69)54(77-41(9)68)52(47(80-57)33-72-37(5)64)82-58-56(79-43(11)70)53(76-40(8)67)51(75-39(7)66)46(81-58)32-71-36(4)63/h30,46-47,51-58H,13-29,31-33H2,1-12H3/t46-,47-,51+,52-,53+,54+,55-,56-,57-,58+,59?/m1/s1. The Labute approximate surface area is 491 Å². The summed E-state index contributed by atoms with van der Waals surface area (Å²) in [6, 6.07) is 0. The molecular weight excluding hydrogens is 1100 g/mol. The number of benzene rings is 1. The molecular formula is C59H87N3O22. The van der Waals surface area contributed by atoms with Crippen LogP contribution in [0, 0.1) is 13.8 Å². The van der Waals surface area contributed by atoms with Crippen LogP contribution in [-0.4, -0.2) is 143 Å². The molecule has 0 saturated carbocycles. The summed E-state index contributed by atoms with van der Waals surface area (Å²) < 4.78 is 76.5. The fourth-order valence-electron chi connectivity index (χ4n) is 10.5. The topological polar surface area (TPSA) is 296 Å². The van der Waals surface area contributed by atoms with Crippen molar-refractivity contribution in [3.63, 3.8) is 0 Å². The van der Waals surface area contributed by atoms with E-state index in [9.17, 15) is 38.4 Å². The summed E-state index contributed by atoms with van der Waals surface area (Å²) in [5.41, 5.74) is 1.78. The summed E-state index contributed by atoms with van der Waals surface area (Å²) in [4.78, 5) is 108. The van der Waals surface area contributed by atoms with E-state index >= 15 is 0 Å². The van der Waals surface area contributed by atoms with E-state index in [4.69, 9.17) is 66.4 Å². The van der Waals surface area contributed by atoms with Crippen LogP contribution in [0.5, 0.6) is 17.2 Å². The maximum absolute atomic E-state index is 13.0. The fraction of sp³-hybridized carbons (Fsp3) is 0.729. The molecule has 3 aliphatic heterocycles. The van der Waals surface area contributed by atoms with Gasteiger partial charge in [-0.1, -0.05) is 95.2 Å². The number of ether oxygens (including phenoxy) is 13. The van der Waals surface area contributed by atoms with Gasteiger partial charge in [0.15, 0.2) is 48.8 Å². The lowest BCUT2D eigenvalue weighted by Gasteiger charge is -2.48. The van der Waals surface area contributed by atoms with Gasteiger partial charge in [0.2, 0.25) is 5.75 Å². The summed E-state index contributed by atoms with van der Waals surface area (Å²) in [5, 5.41) is 8.38. The molecule has 0 amide bonds. The lowest BCUT2D eigenvalue weighted by Crippen LogP contribution is -2.67. The van der Waals surface area contributed by atoms with Crippen LogP contribution in [0.1, 0.15) is 194 Å². The van der Waals surface area contributed by atoms with Gasteiger partial charge in [-0.15, -0.1) is 5.10 Å². The van der Waals surface area contributed by atoms with Crippen molar-refractivity contribution >= 4 is 47.8 Å². The molecule has 25 heteroatoms. The van der Waals surface area contributed by atoms with Crippen molar-refractivity contribution in [2.24, 2.45) is 0 Å². The molecule has 1 unspecified atom stereocenters. The van der Waals surface area contributed by atoms with E-state index in [1.807, 2.05) is 13.8 Å². The number of aromatic nitrogens is 3. The van der Waals surface area contributed by atoms with Crippen molar-refractivity contribution in [2.45, 2.75) is 266 Å². The molecule has 0 N–H and O–H groups in total. The van der Waals surface area contributed by atoms with Crippen LogP contribution in [0.2, 0.25) is 0 Å². The van der Waals surface area contributed by atoms with Gasteiger partial charge in [0.1, 0.15) is 48.6 Å². The minimum absolute atomic E-state index is 0.125. The van der Waals surface area contributed by atoms with E-state index in [-0.39, 0.29) is 17.2 Å². The average molecular weight is 1190 g/mol. The first kappa shape index (κ1) is 68.3. The van der Waals surface area contributed by atoms with Crippen LogP contribution < -0.4 is 14.3 Å². The van der Waals surface area contributed by atoms with Gasteiger partial charge < -0.3 is 66.4 Å². The minimum atomic E-state index is -1.87. The first-order chi connectivity index (χ1) is 39.9. The highest BCUT2D eigenvalue weighted by molar-refractivity contribution is 5.74. The van der Waals surface area contributed by atoms with E-state index in [2.05, 4.69) is 24.2 Å². The predicted molar refractivity (Wildman–Crippen MR) is 294 cm³/mol. The largest absolute Gasteiger partial charge is 0.487 e. The van der Waals surface area contributed by atoms with Gasteiger partial charge in [-0.3, -0.25) is 38.4 Å². The van der Waals surface area contributed by atoms with E-state index < -0.39 is 135 Å². The second-order valence-corrected chi connectivity index (χ2v) is 21.9. The van der Waals surface area contributed by atoms with Gasteiger partial charge in [-0.05, 0) is 57.2 Å². The normalized spacial score (nSPS) is 24.5. The van der Waals surface area contributed by atoms with E-state index in [0.29, 0.717) is 29.7 Å². The molecule has 0 bridgehead atoms. The van der Waals surface area contributed by atoms with Gasteiger partial charge in [-0.2, -0.15) is 0 Å². The average Bonchev–Trinajstić information content (AvgIpc) is 2.73. The van der Waals surface area contributed by atoms with E-state index in [0.717, 1.165) is 78.1 Å². The smallest absolute Gasteiger partial charge is 0.308 e. The number of nitrogens with zero attached hydrogens (tertiary/aromatic N) is 3. The Hall–Kier alpha value is -6.44. The third-order valence-electron chi connectivity index (χ3n) is 14.5. The summed E-state index contributed by atoms with van der Waals surface area (Å²) in [5.74, 6) is -5.71. The molecule has 1 aromatic heterocycles. The second-order valence-electron chi connectivity index (χ2n) is 21.9. The van der Waals surface area contributed by atoms with Crippen molar-refractivity contribution in [1.82, 2.24) is 15.2 Å². The molecule has 2 saturated heterocycles. The predicted octanol–water partition coefficient (Wildman–Crippen LogP) is 7.75. The molecule has 2 fully saturated rings. The molecule has 2 aromatic rings. The van der Waals surface area contributed by atoms with Gasteiger partial charge in [0.25, 0.3) is 0 Å². The lowest BCUT2D eigenvalue weighted by atomic mass is 9.86. The number of fused-ring (bicyclic) bond motifs is 1. The minimum Gasteiger partial charge on any atom is -0.487 e. The first-order valence-electron chi connectivity index (χ1n) is 29.2. The quantitative estimate of drug-likeness (QED) is 0.0292. The molecule has 3 aliphatic rings. The molecule has 470 valence electrons. The Balaban J connectivity index is 1.36. The number of esters is 8. The van der Waals surface area contributed by atoms with Gasteiger partial charge in [0, 0.05) is 66.5 Å². The summed E-state index contributed by atoms with van der Waals surface area (Å²) in [6.07, 6.45) is 4.63. The Morgan fingerprint density at radius 3 is 1.54 bits per heavy atom. The highest BCUT2D eigenvalue weighted by atomic mass is 16.8. The van der Waals surface area contributed by atoms with Crippen molar-refractivity contribution in [3.8, 4) is 17.2 Å². The van der Waals surface area contributed by atoms with Crippen LogP contribution in [0.25, 0.3) is 0 Å². The van der Waals surface area contributed by atoms with Gasteiger partial charge >= 0.3 is 47.8 Å². The summed E-state index contributed by atoms with van der Waals surface area (Å²) in [7, 11) is 0. The van der Waals surface area contributed by atoms with Crippen LogP contribution in [0.15, 0.2) is 6.20 Å². The van der Waals surface area contributed by atoms with E-state index in [1.165, 1.54) is 90.2 Å². The number of unbranched alkanes of at least 4 members (excludes halogenated alkanes) is 13. The first-order valence-corrected chi connectivity index (χ1v) is 29.2. The molecule has 1 aromatic carbocycles. The zero-order valence-electron chi connectivity index (χ0n) is 50.8. The number of hydrogen-bond donors (Lipinski definition) is 0.